The van der Waals surface area contributed by atoms with Gasteiger partial charge in [-0.15, -0.1) is 0 Å². The first kappa shape index (κ1) is 16.3. The number of pyridine rings is 1. The molecule has 1 aromatic heterocycles. The van der Waals surface area contributed by atoms with Crippen LogP contribution in [0.5, 0.6) is 5.75 Å². The number of hydrogen-bond acceptors (Lipinski definition) is 4. The molecule has 2 bridgehead atoms. The fraction of sp³-hybridized carbons (Fsp3) is 0.429. The fourth-order valence-corrected chi connectivity index (χ4v) is 4.47. The Balaban J connectivity index is 1.49. The summed E-state index contributed by atoms with van der Waals surface area (Å²) in [6.07, 6.45) is 5.93. The summed E-state index contributed by atoms with van der Waals surface area (Å²) in [7, 11) is 1.60. The van der Waals surface area contributed by atoms with E-state index in [1.165, 1.54) is 18.4 Å². The van der Waals surface area contributed by atoms with E-state index in [4.69, 9.17) is 4.74 Å². The molecule has 2 unspecified atom stereocenters. The number of Topliss-reactive ketones (excluding diaryl/α,β-unsaturated/α-hetero) is 1. The number of nitrogens with zero attached hydrogens (tertiary/aromatic N) is 2. The number of hydrogen-bond donors (Lipinski definition) is 0. The smallest absolute Gasteiger partial charge is 0.188 e. The first-order valence-electron chi connectivity index (χ1n) is 9.09. The monoisotopic (exact) mass is 336 g/mol. The molecule has 130 valence electrons. The summed E-state index contributed by atoms with van der Waals surface area (Å²) in [5, 5.41) is 0. The number of benzene rings is 1. The molecule has 1 aromatic carbocycles. The number of carbonyl (C=O) groups is 1. The zero-order valence-corrected chi connectivity index (χ0v) is 14.6. The van der Waals surface area contributed by atoms with Gasteiger partial charge in [0.15, 0.2) is 5.78 Å². The minimum absolute atomic E-state index is 0.0633. The summed E-state index contributed by atoms with van der Waals surface area (Å²) in [6, 6.07) is 15.3. The molecule has 25 heavy (non-hydrogen) atoms. The average molecular weight is 336 g/mol. The molecule has 0 amide bonds. The van der Waals surface area contributed by atoms with E-state index < -0.39 is 0 Å². The van der Waals surface area contributed by atoms with Crippen LogP contribution >= 0.6 is 0 Å². The summed E-state index contributed by atoms with van der Waals surface area (Å²) in [6.45, 7) is 0.990. The van der Waals surface area contributed by atoms with Crippen LogP contribution in [0.4, 0.5) is 0 Å². The lowest BCUT2D eigenvalue weighted by molar-refractivity contribution is 0.0671. The number of ketones is 1. The lowest BCUT2D eigenvalue weighted by Gasteiger charge is -2.38. The van der Waals surface area contributed by atoms with Gasteiger partial charge in [-0.3, -0.25) is 9.69 Å². The summed E-state index contributed by atoms with van der Waals surface area (Å²) in [5.74, 6) is 0.800. The quantitative estimate of drug-likeness (QED) is 0.781. The fourth-order valence-electron chi connectivity index (χ4n) is 4.47. The van der Waals surface area contributed by atoms with E-state index in [0.29, 0.717) is 23.5 Å². The lowest BCUT2D eigenvalue weighted by Crippen LogP contribution is -2.44. The van der Waals surface area contributed by atoms with Gasteiger partial charge in [-0.2, -0.15) is 0 Å². The number of aromatic nitrogens is 1. The topological polar surface area (TPSA) is 42.4 Å². The highest BCUT2D eigenvalue weighted by atomic mass is 16.5. The number of fused-ring (bicyclic) bond motifs is 2. The SMILES string of the molecule is COc1cccnc1C(=O)C1CC2CCC(C1)N2Cc1ccccc1. The van der Waals surface area contributed by atoms with Gasteiger partial charge in [0.1, 0.15) is 11.4 Å². The van der Waals surface area contributed by atoms with Crippen LogP contribution in [0.25, 0.3) is 0 Å². The molecule has 2 fully saturated rings. The van der Waals surface area contributed by atoms with Crippen molar-refractivity contribution in [3.63, 3.8) is 0 Å². The molecule has 2 aliphatic rings. The van der Waals surface area contributed by atoms with Crippen LogP contribution < -0.4 is 4.74 Å². The van der Waals surface area contributed by atoms with Crippen molar-refractivity contribution in [1.82, 2.24) is 9.88 Å². The van der Waals surface area contributed by atoms with Crippen molar-refractivity contribution in [2.75, 3.05) is 7.11 Å². The van der Waals surface area contributed by atoms with E-state index in [-0.39, 0.29) is 11.7 Å². The van der Waals surface area contributed by atoms with E-state index in [9.17, 15) is 4.79 Å². The van der Waals surface area contributed by atoms with Crippen LogP contribution in [-0.4, -0.2) is 34.9 Å². The Morgan fingerprint density at radius 3 is 2.52 bits per heavy atom. The van der Waals surface area contributed by atoms with Crippen LogP contribution in [0.3, 0.4) is 0 Å². The molecule has 2 saturated heterocycles. The Morgan fingerprint density at radius 1 is 1.12 bits per heavy atom. The molecular weight excluding hydrogens is 312 g/mol. The van der Waals surface area contributed by atoms with Gasteiger partial charge in [-0.05, 0) is 43.4 Å². The normalized spacial score (nSPS) is 25.7. The summed E-state index contributed by atoms with van der Waals surface area (Å²) >= 11 is 0. The second-order valence-corrected chi connectivity index (χ2v) is 7.13. The summed E-state index contributed by atoms with van der Waals surface area (Å²) in [4.78, 5) is 19.9. The molecule has 4 nitrogen and oxygen atoms in total. The molecule has 0 saturated carbocycles. The highest BCUT2D eigenvalue weighted by Crippen LogP contribution is 2.41. The van der Waals surface area contributed by atoms with Crippen molar-refractivity contribution >= 4 is 5.78 Å². The maximum atomic E-state index is 13.0. The number of ether oxygens (including phenoxy) is 1. The van der Waals surface area contributed by atoms with Crippen LogP contribution in [0.15, 0.2) is 48.7 Å². The maximum Gasteiger partial charge on any atom is 0.188 e. The van der Waals surface area contributed by atoms with Crippen molar-refractivity contribution < 1.29 is 9.53 Å². The molecular formula is C21H24N2O2. The Morgan fingerprint density at radius 2 is 1.84 bits per heavy atom. The largest absolute Gasteiger partial charge is 0.494 e. The highest BCUT2D eigenvalue weighted by Gasteiger charge is 2.43. The molecule has 4 rings (SSSR count). The Labute approximate surface area is 148 Å². The van der Waals surface area contributed by atoms with E-state index in [1.807, 2.05) is 12.1 Å². The van der Waals surface area contributed by atoms with E-state index >= 15 is 0 Å². The van der Waals surface area contributed by atoms with Gasteiger partial charge in [-0.1, -0.05) is 30.3 Å². The van der Waals surface area contributed by atoms with Gasteiger partial charge in [0, 0.05) is 30.7 Å². The van der Waals surface area contributed by atoms with E-state index in [2.05, 4.69) is 40.2 Å². The van der Waals surface area contributed by atoms with Crippen molar-refractivity contribution in [2.24, 2.45) is 5.92 Å². The molecule has 2 aliphatic heterocycles. The Kier molecular flexibility index (Phi) is 4.53. The van der Waals surface area contributed by atoms with Gasteiger partial charge in [-0.25, -0.2) is 4.98 Å². The van der Waals surface area contributed by atoms with Gasteiger partial charge >= 0.3 is 0 Å². The van der Waals surface area contributed by atoms with Crippen LogP contribution in [0.1, 0.15) is 41.7 Å². The second-order valence-electron chi connectivity index (χ2n) is 7.13. The van der Waals surface area contributed by atoms with Crippen molar-refractivity contribution in [3.05, 3.63) is 59.9 Å². The van der Waals surface area contributed by atoms with Gasteiger partial charge in [0.05, 0.1) is 7.11 Å². The van der Waals surface area contributed by atoms with Gasteiger partial charge in [0.2, 0.25) is 0 Å². The predicted octanol–water partition coefficient (Wildman–Crippen LogP) is 3.72. The molecule has 0 N–H and O–H groups in total. The summed E-state index contributed by atoms with van der Waals surface area (Å²) < 4.78 is 5.33. The molecule has 4 heteroatoms. The molecule has 0 radical (unpaired) electrons. The third-order valence-electron chi connectivity index (χ3n) is 5.69. The van der Waals surface area contributed by atoms with Crippen molar-refractivity contribution in [3.8, 4) is 5.75 Å². The summed E-state index contributed by atoms with van der Waals surface area (Å²) in [5.41, 5.74) is 1.85. The zero-order chi connectivity index (χ0) is 17.2. The third kappa shape index (κ3) is 3.19. The van der Waals surface area contributed by atoms with Crippen molar-refractivity contribution in [2.45, 2.75) is 44.3 Å². The van der Waals surface area contributed by atoms with Crippen LogP contribution in [0.2, 0.25) is 0 Å². The molecule has 0 spiro atoms. The molecule has 2 aromatic rings. The highest BCUT2D eigenvalue weighted by molar-refractivity contribution is 5.98. The van der Waals surface area contributed by atoms with Crippen LogP contribution in [-0.2, 0) is 6.54 Å². The van der Waals surface area contributed by atoms with Crippen molar-refractivity contribution in [1.29, 1.82) is 0 Å². The Bertz CT molecular complexity index is 733. The first-order chi connectivity index (χ1) is 12.3. The lowest BCUT2D eigenvalue weighted by atomic mass is 9.85. The van der Waals surface area contributed by atoms with Gasteiger partial charge in [0.25, 0.3) is 0 Å². The molecule has 2 atom stereocenters. The predicted molar refractivity (Wildman–Crippen MR) is 96.6 cm³/mol. The number of methoxy groups -OCH3 is 1. The minimum atomic E-state index is 0.0633. The number of carbonyl (C=O) groups excluding carboxylic acids is 1. The third-order valence-corrected chi connectivity index (χ3v) is 5.69. The zero-order valence-electron chi connectivity index (χ0n) is 14.6. The first-order valence-corrected chi connectivity index (χ1v) is 9.09. The molecule has 3 heterocycles. The second kappa shape index (κ2) is 6.96. The average Bonchev–Trinajstić information content (AvgIpc) is 2.89. The molecule has 0 aliphatic carbocycles. The van der Waals surface area contributed by atoms with E-state index in [1.54, 1.807) is 13.3 Å². The van der Waals surface area contributed by atoms with Gasteiger partial charge < -0.3 is 4.74 Å². The maximum absolute atomic E-state index is 13.0. The Hall–Kier alpha value is -2.20. The number of rotatable bonds is 5. The standard InChI is InChI=1S/C21H24N2O2/c1-25-19-8-5-11-22-20(19)21(24)16-12-17-9-10-18(13-16)23(17)14-15-6-3-2-4-7-15/h2-8,11,16-18H,9-10,12-14H2,1H3. The van der Waals surface area contributed by atoms with Crippen LogP contribution in [0, 0.1) is 5.92 Å². The minimum Gasteiger partial charge on any atom is -0.494 e. The number of piperidine rings is 1. The van der Waals surface area contributed by atoms with E-state index in [0.717, 1.165) is 19.4 Å².